The predicted octanol–water partition coefficient (Wildman–Crippen LogP) is -0.127. The van der Waals surface area contributed by atoms with E-state index in [-0.39, 0.29) is 36.4 Å². The van der Waals surface area contributed by atoms with Gasteiger partial charge in [0, 0.05) is 19.6 Å². The minimum Gasteiger partial charge on any atom is -0.394 e. The van der Waals surface area contributed by atoms with Crippen molar-refractivity contribution in [3.63, 3.8) is 0 Å². The van der Waals surface area contributed by atoms with Crippen molar-refractivity contribution in [1.29, 1.82) is 0 Å². The minimum atomic E-state index is -0.357. The third-order valence-electron chi connectivity index (χ3n) is 2.47. The number of hydrogen-bond donors (Lipinski definition) is 3. The lowest BCUT2D eigenvalue weighted by molar-refractivity contribution is -0.123. The van der Waals surface area contributed by atoms with Crippen LogP contribution in [-0.4, -0.2) is 43.4 Å². The summed E-state index contributed by atoms with van der Waals surface area (Å²) in [5.74, 6) is -0.154. The van der Waals surface area contributed by atoms with Crippen LogP contribution in [0.1, 0.15) is 27.2 Å². The molecule has 0 bridgehead atoms. The maximum atomic E-state index is 11.6. The number of amides is 1. The summed E-state index contributed by atoms with van der Waals surface area (Å²) < 4.78 is 4.86. The largest absolute Gasteiger partial charge is 0.394 e. The van der Waals surface area contributed by atoms with Gasteiger partial charge in [0.25, 0.3) is 0 Å². The Morgan fingerprint density at radius 2 is 2.06 bits per heavy atom. The van der Waals surface area contributed by atoms with E-state index in [4.69, 9.17) is 15.6 Å². The zero-order valence-electron chi connectivity index (χ0n) is 10.6. The van der Waals surface area contributed by atoms with Gasteiger partial charge in [-0.2, -0.15) is 0 Å². The summed E-state index contributed by atoms with van der Waals surface area (Å²) in [6, 6.07) is -0.556. The maximum Gasteiger partial charge on any atom is 0.221 e. The van der Waals surface area contributed by atoms with Crippen molar-refractivity contribution < 1.29 is 14.6 Å². The predicted molar refractivity (Wildman–Crippen MR) is 62.9 cm³/mol. The van der Waals surface area contributed by atoms with E-state index in [9.17, 15) is 4.79 Å². The smallest absolute Gasteiger partial charge is 0.221 e. The molecule has 0 saturated heterocycles. The molecule has 5 heteroatoms. The number of ether oxygens (including phenoxy) is 1. The van der Waals surface area contributed by atoms with E-state index in [0.717, 1.165) is 0 Å². The van der Waals surface area contributed by atoms with Crippen molar-refractivity contribution in [3.8, 4) is 0 Å². The first-order chi connectivity index (χ1) is 7.31. The molecule has 4 N–H and O–H groups in total. The molecule has 0 saturated carbocycles. The van der Waals surface area contributed by atoms with Crippen molar-refractivity contribution in [2.45, 2.75) is 39.3 Å². The maximum absolute atomic E-state index is 11.6. The summed E-state index contributed by atoms with van der Waals surface area (Å²) in [5, 5.41) is 11.7. The number of hydrogen-bond acceptors (Lipinski definition) is 4. The van der Waals surface area contributed by atoms with Gasteiger partial charge in [0.2, 0.25) is 5.91 Å². The van der Waals surface area contributed by atoms with Crippen molar-refractivity contribution >= 4 is 5.91 Å². The molecule has 0 heterocycles. The van der Waals surface area contributed by atoms with Crippen LogP contribution in [0.25, 0.3) is 0 Å². The lowest BCUT2D eigenvalue weighted by Crippen LogP contribution is -2.45. The second-order valence-electron chi connectivity index (χ2n) is 5.08. The van der Waals surface area contributed by atoms with E-state index >= 15 is 0 Å². The quantitative estimate of drug-likeness (QED) is 0.596. The Hall–Kier alpha value is -0.650. The monoisotopic (exact) mass is 232 g/mol. The van der Waals surface area contributed by atoms with Crippen LogP contribution in [0.3, 0.4) is 0 Å². The van der Waals surface area contributed by atoms with E-state index in [1.807, 2.05) is 20.8 Å². The van der Waals surface area contributed by atoms with Crippen molar-refractivity contribution in [2.24, 2.45) is 11.1 Å². The van der Waals surface area contributed by atoms with Gasteiger partial charge in [0.1, 0.15) is 0 Å². The highest BCUT2D eigenvalue weighted by Gasteiger charge is 2.24. The van der Waals surface area contributed by atoms with Crippen LogP contribution in [-0.2, 0) is 9.53 Å². The van der Waals surface area contributed by atoms with Gasteiger partial charge in [-0.1, -0.05) is 20.8 Å². The van der Waals surface area contributed by atoms with E-state index in [1.54, 1.807) is 0 Å². The number of rotatable bonds is 6. The molecule has 0 aromatic carbocycles. The molecule has 2 atom stereocenters. The number of nitrogens with one attached hydrogen (secondary N) is 1. The molecule has 0 rings (SSSR count). The lowest BCUT2D eigenvalue weighted by Gasteiger charge is -2.27. The fourth-order valence-electron chi connectivity index (χ4n) is 1.13. The van der Waals surface area contributed by atoms with E-state index in [0.29, 0.717) is 6.61 Å². The Morgan fingerprint density at radius 3 is 2.44 bits per heavy atom. The summed E-state index contributed by atoms with van der Waals surface area (Å²) in [7, 11) is 1.52. The van der Waals surface area contributed by atoms with Gasteiger partial charge < -0.3 is 20.9 Å². The number of aliphatic hydroxyl groups is 1. The summed E-state index contributed by atoms with van der Waals surface area (Å²) in [6.07, 6.45) is 0.254. The molecular formula is C11H24N2O3. The summed E-state index contributed by atoms with van der Waals surface area (Å²) >= 11 is 0. The zero-order chi connectivity index (χ0) is 12.8. The third kappa shape index (κ3) is 6.05. The Bertz CT molecular complexity index is 214. The highest BCUT2D eigenvalue weighted by Crippen LogP contribution is 2.19. The van der Waals surface area contributed by atoms with E-state index in [2.05, 4.69) is 5.32 Å². The van der Waals surface area contributed by atoms with Crippen LogP contribution < -0.4 is 11.1 Å². The molecule has 0 aromatic heterocycles. The van der Waals surface area contributed by atoms with E-state index in [1.165, 1.54) is 7.11 Å². The summed E-state index contributed by atoms with van der Waals surface area (Å²) in [6.45, 7) is 6.13. The van der Waals surface area contributed by atoms with Gasteiger partial charge in [0.05, 0.1) is 19.3 Å². The fraction of sp³-hybridized carbons (Fsp3) is 0.909. The molecule has 0 aromatic rings. The number of methoxy groups -OCH3 is 1. The standard InChI is InChI=1S/C11H24N2O3/c1-11(2,3)9(12)5-10(15)13-8(6-14)7-16-4/h8-9,14H,5-7,12H2,1-4H3,(H,13,15). The van der Waals surface area contributed by atoms with Crippen molar-refractivity contribution in [3.05, 3.63) is 0 Å². The van der Waals surface area contributed by atoms with Gasteiger partial charge in [-0.3, -0.25) is 4.79 Å². The molecular weight excluding hydrogens is 208 g/mol. The van der Waals surface area contributed by atoms with Crippen LogP contribution in [0, 0.1) is 5.41 Å². The molecule has 0 spiro atoms. The molecule has 16 heavy (non-hydrogen) atoms. The van der Waals surface area contributed by atoms with Gasteiger partial charge >= 0.3 is 0 Å². The zero-order valence-corrected chi connectivity index (χ0v) is 10.6. The average Bonchev–Trinajstić information content (AvgIpc) is 2.15. The van der Waals surface area contributed by atoms with Crippen LogP contribution >= 0.6 is 0 Å². The number of carbonyl (C=O) groups is 1. The summed E-state index contributed by atoms with van der Waals surface area (Å²) in [5.41, 5.74) is 5.78. The molecule has 2 unspecified atom stereocenters. The molecule has 0 aliphatic carbocycles. The first-order valence-corrected chi connectivity index (χ1v) is 5.46. The van der Waals surface area contributed by atoms with Crippen LogP contribution in [0.2, 0.25) is 0 Å². The first-order valence-electron chi connectivity index (χ1n) is 5.46. The fourth-order valence-corrected chi connectivity index (χ4v) is 1.13. The van der Waals surface area contributed by atoms with Crippen molar-refractivity contribution in [2.75, 3.05) is 20.3 Å². The molecule has 0 radical (unpaired) electrons. The molecule has 5 nitrogen and oxygen atoms in total. The van der Waals surface area contributed by atoms with Gasteiger partial charge in [-0.05, 0) is 5.41 Å². The topological polar surface area (TPSA) is 84.6 Å². The highest BCUT2D eigenvalue weighted by atomic mass is 16.5. The normalized spacial score (nSPS) is 15.6. The molecule has 96 valence electrons. The second-order valence-corrected chi connectivity index (χ2v) is 5.08. The lowest BCUT2D eigenvalue weighted by atomic mass is 9.85. The third-order valence-corrected chi connectivity index (χ3v) is 2.47. The van der Waals surface area contributed by atoms with Gasteiger partial charge in [-0.25, -0.2) is 0 Å². The first kappa shape index (κ1) is 15.3. The number of nitrogens with two attached hydrogens (primary N) is 1. The summed E-state index contributed by atoms with van der Waals surface area (Å²) in [4.78, 5) is 11.6. The van der Waals surface area contributed by atoms with Crippen LogP contribution in [0.15, 0.2) is 0 Å². The number of aliphatic hydroxyl groups excluding tert-OH is 1. The van der Waals surface area contributed by atoms with Crippen LogP contribution in [0.4, 0.5) is 0 Å². The Labute approximate surface area is 97.3 Å². The second kappa shape index (κ2) is 6.83. The Kier molecular flexibility index (Phi) is 6.55. The Morgan fingerprint density at radius 1 is 1.50 bits per heavy atom. The van der Waals surface area contributed by atoms with Gasteiger partial charge in [-0.15, -0.1) is 0 Å². The Balaban J connectivity index is 4.07. The SMILES string of the molecule is COCC(CO)NC(=O)CC(N)C(C)(C)C. The average molecular weight is 232 g/mol. The molecule has 0 aliphatic rings. The molecule has 0 fully saturated rings. The van der Waals surface area contributed by atoms with E-state index < -0.39 is 0 Å². The molecule has 1 amide bonds. The van der Waals surface area contributed by atoms with Crippen molar-refractivity contribution in [1.82, 2.24) is 5.32 Å². The minimum absolute atomic E-state index is 0.104. The molecule has 0 aliphatic heterocycles. The van der Waals surface area contributed by atoms with Crippen LogP contribution in [0.5, 0.6) is 0 Å². The van der Waals surface area contributed by atoms with Gasteiger partial charge in [0.15, 0.2) is 0 Å². The highest BCUT2D eigenvalue weighted by molar-refractivity contribution is 5.77. The number of carbonyl (C=O) groups excluding carboxylic acids is 1.